The molecule has 1 aromatic rings. The largest absolute Gasteiger partial charge is 0.379 e. The van der Waals surface area contributed by atoms with Gasteiger partial charge >= 0.3 is 0 Å². The SMILES string of the molecule is CCCN(CCOS(C)(=O)=O)c1ccc([N+](=O)[O-])cc1S(=O)(=O)N(C)CCN1CCOCC1. The minimum absolute atomic E-state index is 0.0960. The number of likely N-dealkylation sites (N-methyl/N-ethyl adjacent to an activating group) is 1. The van der Waals surface area contributed by atoms with Crippen molar-refractivity contribution in [2.24, 2.45) is 0 Å². The van der Waals surface area contributed by atoms with Crippen LogP contribution in [0.5, 0.6) is 0 Å². The van der Waals surface area contributed by atoms with Crippen molar-refractivity contribution < 1.29 is 30.7 Å². The molecule has 0 aromatic heterocycles. The lowest BCUT2D eigenvalue weighted by Crippen LogP contribution is -2.42. The Labute approximate surface area is 195 Å². The molecule has 33 heavy (non-hydrogen) atoms. The number of morpholine rings is 1. The minimum atomic E-state index is -4.07. The molecule has 1 saturated heterocycles. The number of sulfonamides is 1. The molecule has 1 fully saturated rings. The lowest BCUT2D eigenvalue weighted by atomic mass is 10.2. The van der Waals surface area contributed by atoms with Crippen molar-refractivity contribution >= 4 is 31.5 Å². The highest BCUT2D eigenvalue weighted by atomic mass is 32.2. The highest BCUT2D eigenvalue weighted by Crippen LogP contribution is 2.31. The van der Waals surface area contributed by atoms with Crippen LogP contribution in [-0.4, -0.2) is 103 Å². The van der Waals surface area contributed by atoms with Gasteiger partial charge in [-0.3, -0.25) is 19.2 Å². The fourth-order valence-corrected chi connectivity index (χ4v) is 5.17. The van der Waals surface area contributed by atoms with Crippen LogP contribution in [0, 0.1) is 10.1 Å². The molecule has 0 saturated carbocycles. The summed E-state index contributed by atoms with van der Waals surface area (Å²) < 4.78 is 60.8. The maximum absolute atomic E-state index is 13.4. The third-order valence-electron chi connectivity index (χ3n) is 5.17. The number of hydrogen-bond acceptors (Lipinski definition) is 10. The molecular weight excluding hydrogens is 476 g/mol. The summed E-state index contributed by atoms with van der Waals surface area (Å²) in [5.74, 6) is 0. The van der Waals surface area contributed by atoms with Gasteiger partial charge in [0.1, 0.15) is 4.90 Å². The first-order chi connectivity index (χ1) is 15.5. The number of hydrogen-bond donors (Lipinski definition) is 0. The van der Waals surface area contributed by atoms with Crippen LogP contribution >= 0.6 is 0 Å². The van der Waals surface area contributed by atoms with E-state index in [0.717, 1.165) is 12.3 Å². The lowest BCUT2D eigenvalue weighted by Gasteiger charge is -2.30. The number of nitro groups is 1. The standard InChI is InChI=1S/C19H32N4O8S2/c1-4-7-22(12-15-31-32(3,26)27)18-6-5-17(23(24)25)16-19(18)33(28,29)20(2)8-9-21-10-13-30-14-11-21/h5-6,16H,4,7-15H2,1-3H3. The molecule has 188 valence electrons. The second-order valence-electron chi connectivity index (χ2n) is 7.70. The number of nitrogens with zero attached hydrogens (tertiary/aromatic N) is 4. The van der Waals surface area contributed by atoms with Crippen LogP contribution < -0.4 is 4.90 Å². The second kappa shape index (κ2) is 12.0. The molecule has 1 aromatic carbocycles. The van der Waals surface area contributed by atoms with Gasteiger partial charge in [-0.1, -0.05) is 6.92 Å². The molecule has 0 bridgehead atoms. The van der Waals surface area contributed by atoms with E-state index >= 15 is 0 Å². The summed E-state index contributed by atoms with van der Waals surface area (Å²) in [5.41, 5.74) is -0.0829. The molecule has 0 atom stereocenters. The Kier molecular flexibility index (Phi) is 10.00. The van der Waals surface area contributed by atoms with E-state index in [9.17, 15) is 26.9 Å². The van der Waals surface area contributed by atoms with Gasteiger partial charge in [0, 0.05) is 58.4 Å². The zero-order chi connectivity index (χ0) is 24.6. The third-order valence-corrected chi connectivity index (χ3v) is 7.65. The molecule has 0 radical (unpaired) electrons. The van der Waals surface area contributed by atoms with Crippen LogP contribution in [0.1, 0.15) is 13.3 Å². The average molecular weight is 509 g/mol. The van der Waals surface area contributed by atoms with Crippen LogP contribution in [0.3, 0.4) is 0 Å². The summed E-state index contributed by atoms with van der Waals surface area (Å²) in [6, 6.07) is 3.68. The Bertz CT molecular complexity index is 1010. The molecule has 2 rings (SSSR count). The summed E-state index contributed by atoms with van der Waals surface area (Å²) in [4.78, 5) is 14.3. The van der Waals surface area contributed by atoms with E-state index in [1.807, 2.05) is 6.92 Å². The van der Waals surface area contributed by atoms with Crippen LogP contribution in [0.2, 0.25) is 0 Å². The van der Waals surface area contributed by atoms with Crippen molar-refractivity contribution in [1.29, 1.82) is 0 Å². The highest BCUT2D eigenvalue weighted by Gasteiger charge is 2.29. The zero-order valence-electron chi connectivity index (χ0n) is 19.2. The summed E-state index contributed by atoms with van der Waals surface area (Å²) in [7, 11) is -6.29. The van der Waals surface area contributed by atoms with E-state index < -0.39 is 25.1 Å². The highest BCUT2D eigenvalue weighted by molar-refractivity contribution is 7.89. The van der Waals surface area contributed by atoms with Gasteiger partial charge in [-0.2, -0.15) is 12.7 Å². The van der Waals surface area contributed by atoms with Gasteiger partial charge in [0.2, 0.25) is 10.0 Å². The molecule has 0 unspecified atom stereocenters. The van der Waals surface area contributed by atoms with Crippen molar-refractivity contribution in [3.05, 3.63) is 28.3 Å². The predicted molar refractivity (Wildman–Crippen MR) is 123 cm³/mol. The number of nitro benzene ring substituents is 1. The Morgan fingerprint density at radius 3 is 2.39 bits per heavy atom. The van der Waals surface area contributed by atoms with Gasteiger partial charge in [0.25, 0.3) is 15.8 Å². The molecule has 0 spiro atoms. The van der Waals surface area contributed by atoms with Gasteiger partial charge in [-0.05, 0) is 12.5 Å². The molecule has 0 amide bonds. The predicted octanol–water partition coefficient (Wildman–Crippen LogP) is 0.740. The molecule has 14 heteroatoms. The maximum Gasteiger partial charge on any atom is 0.270 e. The topological polar surface area (TPSA) is 140 Å². The van der Waals surface area contributed by atoms with Gasteiger partial charge in [-0.15, -0.1) is 0 Å². The van der Waals surface area contributed by atoms with E-state index in [-0.39, 0.29) is 36.0 Å². The Hall–Kier alpha value is -1.84. The van der Waals surface area contributed by atoms with Crippen molar-refractivity contribution in [2.45, 2.75) is 18.2 Å². The minimum Gasteiger partial charge on any atom is -0.379 e. The fraction of sp³-hybridized carbons (Fsp3) is 0.684. The van der Waals surface area contributed by atoms with Gasteiger partial charge in [0.15, 0.2) is 0 Å². The van der Waals surface area contributed by atoms with Gasteiger partial charge in [0.05, 0.1) is 36.7 Å². The maximum atomic E-state index is 13.4. The summed E-state index contributed by atoms with van der Waals surface area (Å²) in [6.45, 7) is 5.52. The second-order valence-corrected chi connectivity index (χ2v) is 11.4. The summed E-state index contributed by atoms with van der Waals surface area (Å²) >= 11 is 0. The Morgan fingerprint density at radius 1 is 1.15 bits per heavy atom. The van der Waals surface area contributed by atoms with E-state index in [4.69, 9.17) is 8.92 Å². The quantitative estimate of drug-likeness (QED) is 0.213. The Balaban J connectivity index is 2.34. The van der Waals surface area contributed by atoms with Crippen molar-refractivity contribution in [1.82, 2.24) is 9.21 Å². The average Bonchev–Trinajstić information content (AvgIpc) is 2.76. The van der Waals surface area contributed by atoms with Crippen LogP contribution in [-0.2, 0) is 29.1 Å². The molecule has 0 aliphatic carbocycles. The van der Waals surface area contributed by atoms with E-state index in [0.29, 0.717) is 45.8 Å². The van der Waals surface area contributed by atoms with Crippen LogP contribution in [0.25, 0.3) is 0 Å². The number of non-ortho nitro benzene ring substituents is 1. The number of rotatable bonds is 13. The van der Waals surface area contributed by atoms with Crippen LogP contribution in [0.4, 0.5) is 11.4 Å². The van der Waals surface area contributed by atoms with E-state index in [1.54, 1.807) is 4.90 Å². The normalized spacial score (nSPS) is 15.6. The Morgan fingerprint density at radius 2 is 1.82 bits per heavy atom. The van der Waals surface area contributed by atoms with Crippen molar-refractivity contribution in [2.75, 3.05) is 77.3 Å². The monoisotopic (exact) mass is 508 g/mol. The summed E-state index contributed by atoms with van der Waals surface area (Å²) in [6.07, 6.45) is 1.57. The molecule has 0 N–H and O–H groups in total. The summed E-state index contributed by atoms with van der Waals surface area (Å²) in [5, 5.41) is 11.3. The first-order valence-electron chi connectivity index (χ1n) is 10.6. The lowest BCUT2D eigenvalue weighted by molar-refractivity contribution is -0.385. The smallest absolute Gasteiger partial charge is 0.270 e. The fourth-order valence-electron chi connectivity index (χ4n) is 3.40. The van der Waals surface area contributed by atoms with E-state index in [2.05, 4.69) is 4.90 Å². The number of ether oxygens (including phenoxy) is 1. The van der Waals surface area contributed by atoms with Crippen LogP contribution in [0.15, 0.2) is 23.1 Å². The number of anilines is 1. The third kappa shape index (κ3) is 8.15. The van der Waals surface area contributed by atoms with Gasteiger partial charge in [-0.25, -0.2) is 8.42 Å². The molecule has 12 nitrogen and oxygen atoms in total. The first-order valence-corrected chi connectivity index (χ1v) is 13.9. The molecule has 1 aliphatic heterocycles. The molecule has 1 aliphatic rings. The number of benzene rings is 1. The zero-order valence-corrected chi connectivity index (χ0v) is 20.8. The molecule has 1 heterocycles. The van der Waals surface area contributed by atoms with E-state index in [1.165, 1.54) is 23.5 Å². The molecular formula is C19H32N4O8S2. The van der Waals surface area contributed by atoms with Gasteiger partial charge < -0.3 is 9.64 Å². The van der Waals surface area contributed by atoms with Crippen molar-refractivity contribution in [3.63, 3.8) is 0 Å². The first kappa shape index (κ1) is 27.4. The van der Waals surface area contributed by atoms with Crippen molar-refractivity contribution in [3.8, 4) is 0 Å².